The minimum atomic E-state index is -0.0265. The number of carbonyl (C=O) groups is 1. The van der Waals surface area contributed by atoms with Crippen LogP contribution < -0.4 is 0 Å². The molecule has 4 rings (SSSR count). The number of rotatable bonds is 3. The van der Waals surface area contributed by atoms with Crippen LogP contribution in [0, 0.1) is 0 Å². The monoisotopic (exact) mass is 335 g/mol. The predicted octanol–water partition coefficient (Wildman–Crippen LogP) is 2.55. The molecule has 1 aliphatic rings. The number of carbonyl (C=O) groups excluding carboxylic acids is 1. The summed E-state index contributed by atoms with van der Waals surface area (Å²) in [6.45, 7) is 1.32. The van der Waals surface area contributed by atoms with Crippen molar-refractivity contribution in [3.8, 4) is 11.6 Å². The largest absolute Gasteiger partial charge is 0.337 e. The third kappa shape index (κ3) is 3.26. The average molecular weight is 335 g/mol. The summed E-state index contributed by atoms with van der Waals surface area (Å²) in [4.78, 5) is 27.1. The van der Waals surface area contributed by atoms with E-state index in [2.05, 4.69) is 20.1 Å². The third-order valence-corrected chi connectivity index (χ3v) is 4.36. The molecule has 0 bridgehead atoms. The third-order valence-electron chi connectivity index (χ3n) is 4.36. The first-order valence-electron chi connectivity index (χ1n) is 8.26. The molecule has 0 spiro atoms. The zero-order valence-electron chi connectivity index (χ0n) is 13.6. The van der Waals surface area contributed by atoms with Gasteiger partial charge in [-0.1, -0.05) is 17.3 Å². The minimum Gasteiger partial charge on any atom is -0.337 e. The minimum absolute atomic E-state index is 0.0265. The van der Waals surface area contributed by atoms with E-state index >= 15 is 0 Å². The van der Waals surface area contributed by atoms with Gasteiger partial charge >= 0.3 is 0 Å². The molecule has 0 N–H and O–H groups in total. The van der Waals surface area contributed by atoms with Crippen molar-refractivity contribution < 1.29 is 9.32 Å². The molecule has 0 saturated carbocycles. The normalized spacial score (nSPS) is 15.3. The fraction of sp³-hybridized carbons (Fsp3) is 0.278. The fourth-order valence-corrected chi connectivity index (χ4v) is 2.99. The number of hydrogen-bond donors (Lipinski definition) is 0. The van der Waals surface area contributed by atoms with Crippen LogP contribution in [0.5, 0.6) is 0 Å². The predicted molar refractivity (Wildman–Crippen MR) is 89.6 cm³/mol. The van der Waals surface area contributed by atoms with Crippen LogP contribution in [0.4, 0.5) is 0 Å². The van der Waals surface area contributed by atoms with Gasteiger partial charge in [0.15, 0.2) is 5.82 Å². The van der Waals surface area contributed by atoms with E-state index in [0.29, 0.717) is 36.2 Å². The van der Waals surface area contributed by atoms with E-state index < -0.39 is 0 Å². The molecule has 126 valence electrons. The van der Waals surface area contributed by atoms with Gasteiger partial charge in [0.05, 0.1) is 0 Å². The Bertz CT molecular complexity index is 842. The molecule has 25 heavy (non-hydrogen) atoms. The Kier molecular flexibility index (Phi) is 4.20. The summed E-state index contributed by atoms with van der Waals surface area (Å²) in [6, 6.07) is 10.9. The molecule has 0 radical (unpaired) electrons. The van der Waals surface area contributed by atoms with Gasteiger partial charge in [-0.3, -0.25) is 14.8 Å². The van der Waals surface area contributed by atoms with Crippen LogP contribution in [0.1, 0.15) is 35.1 Å². The summed E-state index contributed by atoms with van der Waals surface area (Å²) >= 11 is 0. The van der Waals surface area contributed by atoms with Gasteiger partial charge in [-0.25, -0.2) is 0 Å². The Morgan fingerprint density at radius 3 is 2.48 bits per heavy atom. The Morgan fingerprint density at radius 1 is 1.04 bits per heavy atom. The first kappa shape index (κ1) is 15.4. The molecule has 7 nitrogen and oxygen atoms in total. The summed E-state index contributed by atoms with van der Waals surface area (Å²) in [6.07, 6.45) is 4.94. The van der Waals surface area contributed by atoms with Crippen molar-refractivity contribution in [2.75, 3.05) is 13.1 Å². The van der Waals surface area contributed by atoms with Gasteiger partial charge in [0.1, 0.15) is 11.4 Å². The number of pyridine rings is 2. The second-order valence-corrected chi connectivity index (χ2v) is 5.95. The maximum atomic E-state index is 12.4. The molecular formula is C18H17N5O2. The highest BCUT2D eigenvalue weighted by molar-refractivity contribution is 5.92. The summed E-state index contributed by atoms with van der Waals surface area (Å²) in [7, 11) is 0. The summed E-state index contributed by atoms with van der Waals surface area (Å²) < 4.78 is 5.33. The molecular weight excluding hydrogens is 318 g/mol. The molecule has 4 heterocycles. The quantitative estimate of drug-likeness (QED) is 0.731. The molecule has 0 aromatic carbocycles. The van der Waals surface area contributed by atoms with E-state index in [-0.39, 0.29) is 11.8 Å². The summed E-state index contributed by atoms with van der Waals surface area (Å²) in [5, 5.41) is 4.10. The van der Waals surface area contributed by atoms with E-state index in [0.717, 1.165) is 12.8 Å². The Hall–Kier alpha value is -3.09. The number of hydrogen-bond acceptors (Lipinski definition) is 6. The van der Waals surface area contributed by atoms with Crippen LogP contribution in [0.3, 0.4) is 0 Å². The first-order chi connectivity index (χ1) is 12.3. The van der Waals surface area contributed by atoms with E-state index in [1.54, 1.807) is 24.5 Å². The van der Waals surface area contributed by atoms with Crippen LogP contribution in [0.15, 0.2) is 53.3 Å². The number of likely N-dealkylation sites (tertiary alicyclic amines) is 1. The SMILES string of the molecule is O=C(c1ccccn1)N1CCC(c2noc(-c3ccccn3)n2)CC1. The first-order valence-corrected chi connectivity index (χ1v) is 8.26. The molecule has 1 aliphatic heterocycles. The van der Waals surface area contributed by atoms with Crippen LogP contribution in [-0.2, 0) is 0 Å². The van der Waals surface area contributed by atoms with Crippen LogP contribution in [0.25, 0.3) is 11.6 Å². The molecule has 3 aromatic heterocycles. The van der Waals surface area contributed by atoms with Gasteiger partial charge in [0, 0.05) is 31.4 Å². The maximum absolute atomic E-state index is 12.4. The second kappa shape index (κ2) is 6.80. The van der Waals surface area contributed by atoms with Gasteiger partial charge < -0.3 is 9.42 Å². The average Bonchev–Trinajstić information content (AvgIpc) is 3.19. The van der Waals surface area contributed by atoms with Gasteiger partial charge in [-0.15, -0.1) is 0 Å². The van der Waals surface area contributed by atoms with Crippen molar-refractivity contribution in [3.63, 3.8) is 0 Å². The zero-order valence-corrected chi connectivity index (χ0v) is 13.6. The van der Waals surface area contributed by atoms with Crippen molar-refractivity contribution >= 4 is 5.91 Å². The smallest absolute Gasteiger partial charge is 0.276 e. The van der Waals surface area contributed by atoms with Crippen molar-refractivity contribution in [1.29, 1.82) is 0 Å². The molecule has 7 heteroatoms. The topological polar surface area (TPSA) is 85.0 Å². The van der Waals surface area contributed by atoms with Crippen molar-refractivity contribution in [2.45, 2.75) is 18.8 Å². The lowest BCUT2D eigenvalue weighted by atomic mass is 9.96. The van der Waals surface area contributed by atoms with E-state index in [4.69, 9.17) is 4.52 Å². The maximum Gasteiger partial charge on any atom is 0.276 e. The lowest BCUT2D eigenvalue weighted by molar-refractivity contribution is 0.0704. The summed E-state index contributed by atoms with van der Waals surface area (Å²) in [5.74, 6) is 1.28. The van der Waals surface area contributed by atoms with Crippen molar-refractivity contribution in [2.24, 2.45) is 0 Å². The van der Waals surface area contributed by atoms with Crippen LogP contribution in [0.2, 0.25) is 0 Å². The molecule has 0 unspecified atom stereocenters. The molecule has 0 aliphatic carbocycles. The molecule has 1 fully saturated rings. The Labute approximate surface area is 144 Å². The second-order valence-electron chi connectivity index (χ2n) is 5.95. The highest BCUT2D eigenvalue weighted by atomic mass is 16.5. The zero-order chi connectivity index (χ0) is 17.1. The van der Waals surface area contributed by atoms with Gasteiger partial charge in [0.25, 0.3) is 11.8 Å². The molecule has 0 atom stereocenters. The number of piperidine rings is 1. The summed E-state index contributed by atoms with van der Waals surface area (Å²) in [5.41, 5.74) is 1.15. The Balaban J connectivity index is 1.41. The standard InChI is InChI=1S/C18H17N5O2/c24-18(15-6-2-4-10-20-15)23-11-7-13(8-12-23)16-21-17(25-22-16)14-5-1-3-9-19-14/h1-6,9-10,13H,7-8,11-12H2. The van der Waals surface area contributed by atoms with Crippen molar-refractivity contribution in [1.82, 2.24) is 25.0 Å². The van der Waals surface area contributed by atoms with E-state index in [1.807, 2.05) is 29.2 Å². The number of aromatic nitrogens is 4. The fourth-order valence-electron chi connectivity index (χ4n) is 2.99. The van der Waals surface area contributed by atoms with E-state index in [9.17, 15) is 4.79 Å². The lowest BCUT2D eigenvalue weighted by Gasteiger charge is -2.30. The Morgan fingerprint density at radius 2 is 1.80 bits per heavy atom. The lowest BCUT2D eigenvalue weighted by Crippen LogP contribution is -2.38. The van der Waals surface area contributed by atoms with Gasteiger partial charge in [0.2, 0.25) is 0 Å². The molecule has 1 saturated heterocycles. The van der Waals surface area contributed by atoms with Crippen molar-refractivity contribution in [3.05, 3.63) is 60.3 Å². The number of nitrogens with zero attached hydrogens (tertiary/aromatic N) is 5. The van der Waals surface area contributed by atoms with Crippen LogP contribution >= 0.6 is 0 Å². The highest BCUT2D eigenvalue weighted by Crippen LogP contribution is 2.28. The van der Waals surface area contributed by atoms with Gasteiger partial charge in [-0.05, 0) is 37.1 Å². The molecule has 1 amide bonds. The van der Waals surface area contributed by atoms with E-state index in [1.165, 1.54) is 0 Å². The molecule has 3 aromatic rings. The van der Waals surface area contributed by atoms with Gasteiger partial charge in [-0.2, -0.15) is 4.98 Å². The van der Waals surface area contributed by atoms with Crippen LogP contribution in [-0.4, -0.2) is 44.0 Å². The highest BCUT2D eigenvalue weighted by Gasteiger charge is 2.28. The number of amides is 1.